The predicted molar refractivity (Wildman–Crippen MR) is 111 cm³/mol. The second kappa shape index (κ2) is 15.0. The van der Waals surface area contributed by atoms with Crippen LogP contribution in [0.25, 0.3) is 0 Å². The zero-order valence-corrected chi connectivity index (χ0v) is 16.5. The highest BCUT2D eigenvalue weighted by Crippen LogP contribution is 2.12. The Hall–Kier alpha value is -1.28. The lowest BCUT2D eigenvalue weighted by molar-refractivity contribution is 0.108. The first kappa shape index (κ1) is 21.8. The van der Waals surface area contributed by atoms with Gasteiger partial charge in [0.2, 0.25) is 0 Å². The largest absolute Gasteiger partial charge is 0.385 e. The summed E-state index contributed by atoms with van der Waals surface area (Å²) in [6, 6.07) is 7.30. The van der Waals surface area contributed by atoms with Crippen molar-refractivity contribution < 1.29 is 4.79 Å². The van der Waals surface area contributed by atoms with Gasteiger partial charge in [-0.05, 0) is 61.5 Å². The van der Waals surface area contributed by atoms with E-state index >= 15 is 0 Å². The zero-order chi connectivity index (χ0) is 18.2. The SMILES string of the molecule is CCCCCCCCCCC=CCCCNc1ccc(C(=O)Cl)cc1. The van der Waals surface area contributed by atoms with Crippen LogP contribution >= 0.6 is 11.6 Å². The van der Waals surface area contributed by atoms with E-state index in [1.807, 2.05) is 12.1 Å². The van der Waals surface area contributed by atoms with Crippen LogP contribution in [0.2, 0.25) is 0 Å². The number of nitrogens with one attached hydrogen (secondary N) is 1. The minimum absolute atomic E-state index is 0.409. The quantitative estimate of drug-likeness (QED) is 0.200. The Balaban J connectivity index is 1.92. The molecule has 0 unspecified atom stereocenters. The van der Waals surface area contributed by atoms with Gasteiger partial charge in [-0.2, -0.15) is 0 Å². The van der Waals surface area contributed by atoms with Crippen LogP contribution in [0, 0.1) is 0 Å². The first-order chi connectivity index (χ1) is 12.2. The summed E-state index contributed by atoms with van der Waals surface area (Å²) in [4.78, 5) is 11.0. The molecule has 0 radical (unpaired) electrons. The van der Waals surface area contributed by atoms with E-state index in [1.54, 1.807) is 12.1 Å². The highest BCUT2D eigenvalue weighted by Gasteiger charge is 2.00. The molecule has 1 rings (SSSR count). The maximum absolute atomic E-state index is 11.0. The Morgan fingerprint density at radius 3 is 2.04 bits per heavy atom. The van der Waals surface area contributed by atoms with Gasteiger partial charge < -0.3 is 5.32 Å². The minimum Gasteiger partial charge on any atom is -0.385 e. The van der Waals surface area contributed by atoms with Crippen molar-refractivity contribution >= 4 is 22.5 Å². The molecule has 0 amide bonds. The Labute approximate surface area is 159 Å². The lowest BCUT2D eigenvalue weighted by Gasteiger charge is -2.05. The Bertz CT molecular complexity index is 481. The van der Waals surface area contributed by atoms with E-state index in [9.17, 15) is 4.79 Å². The number of halogens is 1. The number of hydrogen-bond donors (Lipinski definition) is 1. The second-order valence-electron chi connectivity index (χ2n) is 6.66. The standard InChI is InChI=1S/C22H34ClNO/c1-2-3-4-5-6-7-8-9-10-11-12-13-14-19-24-21-17-15-20(16-18-21)22(23)25/h11-12,15-18,24H,2-10,13-14,19H2,1H3. The molecule has 0 bridgehead atoms. The highest BCUT2D eigenvalue weighted by molar-refractivity contribution is 6.67. The number of hydrogen-bond acceptors (Lipinski definition) is 2. The summed E-state index contributed by atoms with van der Waals surface area (Å²) in [7, 11) is 0. The molecule has 0 saturated carbocycles. The maximum Gasteiger partial charge on any atom is 0.252 e. The Morgan fingerprint density at radius 2 is 1.44 bits per heavy atom. The molecule has 1 N–H and O–H groups in total. The van der Waals surface area contributed by atoms with Gasteiger partial charge in [0.15, 0.2) is 0 Å². The van der Waals surface area contributed by atoms with Gasteiger partial charge in [-0.1, -0.05) is 64.0 Å². The predicted octanol–water partition coefficient (Wildman–Crippen LogP) is 7.34. The average Bonchev–Trinajstić information content (AvgIpc) is 2.62. The lowest BCUT2D eigenvalue weighted by Crippen LogP contribution is -2.01. The van der Waals surface area contributed by atoms with E-state index < -0.39 is 5.24 Å². The van der Waals surface area contributed by atoms with Crippen LogP contribution in [-0.2, 0) is 0 Å². The van der Waals surface area contributed by atoms with Gasteiger partial charge in [0.1, 0.15) is 0 Å². The summed E-state index contributed by atoms with van der Waals surface area (Å²) < 4.78 is 0. The molecule has 1 aromatic carbocycles. The van der Waals surface area contributed by atoms with Gasteiger partial charge in [-0.15, -0.1) is 0 Å². The third kappa shape index (κ3) is 11.8. The fourth-order valence-electron chi connectivity index (χ4n) is 2.80. The number of carbonyl (C=O) groups is 1. The Kier molecular flexibility index (Phi) is 13.1. The molecule has 0 aliphatic heterocycles. The molecule has 0 fully saturated rings. The average molecular weight is 364 g/mol. The van der Waals surface area contributed by atoms with E-state index in [0.717, 1.165) is 25.1 Å². The molecule has 0 saturated heterocycles. The second-order valence-corrected chi connectivity index (χ2v) is 7.00. The van der Waals surface area contributed by atoms with Crippen molar-refractivity contribution in [1.29, 1.82) is 0 Å². The fraction of sp³-hybridized carbons (Fsp3) is 0.591. The van der Waals surface area contributed by atoms with Crippen LogP contribution in [0.1, 0.15) is 87.9 Å². The van der Waals surface area contributed by atoms with Crippen LogP contribution in [0.4, 0.5) is 5.69 Å². The summed E-state index contributed by atoms with van der Waals surface area (Å²) in [6.45, 7) is 3.21. The lowest BCUT2D eigenvalue weighted by atomic mass is 10.1. The van der Waals surface area contributed by atoms with Crippen LogP contribution < -0.4 is 5.32 Å². The van der Waals surface area contributed by atoms with Crippen molar-refractivity contribution in [2.24, 2.45) is 0 Å². The third-order valence-corrected chi connectivity index (χ3v) is 4.60. The maximum atomic E-state index is 11.0. The van der Waals surface area contributed by atoms with Gasteiger partial charge in [0, 0.05) is 17.8 Å². The van der Waals surface area contributed by atoms with Crippen LogP contribution in [0.15, 0.2) is 36.4 Å². The molecule has 0 atom stereocenters. The molecule has 3 heteroatoms. The molecular weight excluding hydrogens is 330 g/mol. The molecule has 0 spiro atoms. The zero-order valence-electron chi connectivity index (χ0n) is 15.7. The van der Waals surface area contributed by atoms with Gasteiger partial charge in [0.25, 0.3) is 5.24 Å². The molecule has 1 aromatic rings. The van der Waals surface area contributed by atoms with E-state index in [-0.39, 0.29) is 0 Å². The normalized spacial score (nSPS) is 11.1. The van der Waals surface area contributed by atoms with E-state index in [0.29, 0.717) is 5.56 Å². The first-order valence-electron chi connectivity index (χ1n) is 9.92. The van der Waals surface area contributed by atoms with Crippen LogP contribution in [-0.4, -0.2) is 11.8 Å². The smallest absolute Gasteiger partial charge is 0.252 e. The van der Waals surface area contributed by atoms with Gasteiger partial charge in [0.05, 0.1) is 0 Å². The number of rotatable bonds is 15. The molecule has 0 heterocycles. The number of unbranched alkanes of at least 4 members (excludes halogenated alkanes) is 9. The minimum atomic E-state index is -0.409. The molecule has 2 nitrogen and oxygen atoms in total. The first-order valence-corrected chi connectivity index (χ1v) is 10.3. The van der Waals surface area contributed by atoms with Gasteiger partial charge >= 0.3 is 0 Å². The van der Waals surface area contributed by atoms with Crippen molar-refractivity contribution in [3.63, 3.8) is 0 Å². The molecule has 0 aromatic heterocycles. The van der Waals surface area contributed by atoms with E-state index in [2.05, 4.69) is 24.4 Å². The van der Waals surface area contributed by atoms with E-state index in [4.69, 9.17) is 11.6 Å². The number of allylic oxidation sites excluding steroid dienone is 2. The summed E-state index contributed by atoms with van der Waals surface area (Å²) in [5.74, 6) is 0. The van der Waals surface area contributed by atoms with Crippen molar-refractivity contribution in [1.82, 2.24) is 0 Å². The van der Waals surface area contributed by atoms with Gasteiger partial charge in [-0.25, -0.2) is 0 Å². The Morgan fingerprint density at radius 1 is 0.880 bits per heavy atom. The number of benzene rings is 1. The van der Waals surface area contributed by atoms with Crippen molar-refractivity contribution in [3.05, 3.63) is 42.0 Å². The van der Waals surface area contributed by atoms with Crippen molar-refractivity contribution in [2.45, 2.75) is 77.6 Å². The molecule has 25 heavy (non-hydrogen) atoms. The molecule has 140 valence electrons. The number of carbonyl (C=O) groups excluding carboxylic acids is 1. The topological polar surface area (TPSA) is 29.1 Å². The third-order valence-electron chi connectivity index (χ3n) is 4.38. The van der Waals surface area contributed by atoms with Crippen LogP contribution in [0.5, 0.6) is 0 Å². The summed E-state index contributed by atoms with van der Waals surface area (Å²) in [6.07, 6.45) is 19.2. The van der Waals surface area contributed by atoms with Crippen molar-refractivity contribution in [2.75, 3.05) is 11.9 Å². The monoisotopic (exact) mass is 363 g/mol. The molecule has 0 aliphatic carbocycles. The van der Waals surface area contributed by atoms with Gasteiger partial charge in [-0.3, -0.25) is 4.79 Å². The summed E-state index contributed by atoms with van der Waals surface area (Å²) >= 11 is 5.43. The van der Waals surface area contributed by atoms with E-state index in [1.165, 1.54) is 57.8 Å². The molecular formula is C22H34ClNO. The molecule has 0 aliphatic rings. The summed E-state index contributed by atoms with van der Waals surface area (Å²) in [5.41, 5.74) is 1.57. The van der Waals surface area contributed by atoms with Crippen molar-refractivity contribution in [3.8, 4) is 0 Å². The van der Waals surface area contributed by atoms with Crippen LogP contribution in [0.3, 0.4) is 0 Å². The summed E-state index contributed by atoms with van der Waals surface area (Å²) in [5, 5.41) is 2.95. The fourth-order valence-corrected chi connectivity index (χ4v) is 2.93. The highest BCUT2D eigenvalue weighted by atomic mass is 35.5. The number of anilines is 1.